The van der Waals surface area contributed by atoms with Crippen LogP contribution in [0.15, 0.2) is 12.4 Å². The number of nitrogens with zero attached hydrogens (tertiary/aromatic N) is 2. The molecule has 0 atom stereocenters. The first-order valence-electron chi connectivity index (χ1n) is 7.20. The lowest BCUT2D eigenvalue weighted by molar-refractivity contribution is 0.0313. The van der Waals surface area contributed by atoms with Gasteiger partial charge in [-0.05, 0) is 32.1 Å². The Hall–Kier alpha value is -1.20. The van der Waals surface area contributed by atoms with E-state index in [1.54, 1.807) is 6.33 Å². The molecule has 106 valence electrons. The molecule has 1 aliphatic carbocycles. The van der Waals surface area contributed by atoms with Crippen LogP contribution in [-0.4, -0.2) is 35.3 Å². The highest BCUT2D eigenvalue weighted by Gasteiger charge is 2.18. The monoisotopic (exact) mass is 264 g/mol. The second-order valence-electron chi connectivity index (χ2n) is 5.08. The summed E-state index contributed by atoms with van der Waals surface area (Å²) < 4.78 is 5.85. The quantitative estimate of drug-likeness (QED) is 0.766. The van der Waals surface area contributed by atoms with Crippen molar-refractivity contribution in [1.82, 2.24) is 9.97 Å². The van der Waals surface area contributed by atoms with Crippen LogP contribution in [0, 0.1) is 0 Å². The van der Waals surface area contributed by atoms with E-state index in [0.717, 1.165) is 50.2 Å². The number of nitrogens with one attached hydrogen (secondary N) is 1. The van der Waals surface area contributed by atoms with Crippen LogP contribution in [0.3, 0.4) is 0 Å². The largest absolute Gasteiger partial charge is 0.376 e. The minimum atomic E-state index is 0.381. The van der Waals surface area contributed by atoms with Crippen molar-refractivity contribution in [3.8, 4) is 0 Å². The van der Waals surface area contributed by atoms with Crippen LogP contribution in [0.25, 0.3) is 0 Å². The van der Waals surface area contributed by atoms with Gasteiger partial charge in [-0.2, -0.15) is 0 Å². The van der Waals surface area contributed by atoms with Gasteiger partial charge in [0.1, 0.15) is 12.1 Å². The topological polar surface area (TPSA) is 73.1 Å². The summed E-state index contributed by atoms with van der Waals surface area (Å²) in [5.74, 6) is 0.876. The molecule has 0 unspecified atom stereocenters. The van der Waals surface area contributed by atoms with E-state index in [1.165, 1.54) is 0 Å². The summed E-state index contributed by atoms with van der Waals surface area (Å²) in [5.41, 5.74) is 6.93. The van der Waals surface area contributed by atoms with Gasteiger partial charge in [-0.15, -0.1) is 0 Å². The molecule has 1 heterocycles. The van der Waals surface area contributed by atoms with Crippen LogP contribution in [0.1, 0.15) is 38.3 Å². The third kappa shape index (κ3) is 4.76. The zero-order chi connectivity index (χ0) is 13.5. The first kappa shape index (κ1) is 14.2. The summed E-state index contributed by atoms with van der Waals surface area (Å²) in [7, 11) is 0. The van der Waals surface area contributed by atoms with Crippen molar-refractivity contribution in [2.75, 3.05) is 18.5 Å². The zero-order valence-electron chi connectivity index (χ0n) is 11.6. The van der Waals surface area contributed by atoms with Gasteiger partial charge in [-0.3, -0.25) is 0 Å². The normalized spacial score (nSPS) is 23.3. The van der Waals surface area contributed by atoms with Crippen LogP contribution in [-0.2, 0) is 11.2 Å². The summed E-state index contributed by atoms with van der Waals surface area (Å²) in [6.07, 6.45) is 7.27. The molecule has 1 aliphatic rings. The van der Waals surface area contributed by atoms with Crippen molar-refractivity contribution in [3.05, 3.63) is 18.1 Å². The van der Waals surface area contributed by atoms with Crippen molar-refractivity contribution in [3.63, 3.8) is 0 Å². The highest BCUT2D eigenvalue weighted by molar-refractivity contribution is 5.34. The SMILES string of the molecule is CCc1cc(NCCOC2CCC(N)CC2)ncn1. The van der Waals surface area contributed by atoms with Gasteiger partial charge in [-0.1, -0.05) is 6.92 Å². The summed E-state index contributed by atoms with van der Waals surface area (Å²) >= 11 is 0. The highest BCUT2D eigenvalue weighted by atomic mass is 16.5. The molecular weight excluding hydrogens is 240 g/mol. The Morgan fingerprint density at radius 1 is 1.32 bits per heavy atom. The Labute approximate surface area is 115 Å². The maximum Gasteiger partial charge on any atom is 0.129 e. The minimum absolute atomic E-state index is 0.381. The predicted molar refractivity (Wildman–Crippen MR) is 76.1 cm³/mol. The lowest BCUT2D eigenvalue weighted by Crippen LogP contribution is -2.31. The van der Waals surface area contributed by atoms with Crippen molar-refractivity contribution in [1.29, 1.82) is 0 Å². The molecule has 0 saturated heterocycles. The second kappa shape index (κ2) is 7.40. The molecule has 5 nitrogen and oxygen atoms in total. The average Bonchev–Trinajstić information content (AvgIpc) is 2.46. The molecule has 1 aromatic rings. The smallest absolute Gasteiger partial charge is 0.129 e. The predicted octanol–water partition coefficient (Wildman–Crippen LogP) is 1.74. The minimum Gasteiger partial charge on any atom is -0.376 e. The van der Waals surface area contributed by atoms with Crippen molar-refractivity contribution < 1.29 is 4.74 Å². The first-order chi connectivity index (χ1) is 9.28. The van der Waals surface area contributed by atoms with Gasteiger partial charge in [0.05, 0.1) is 12.7 Å². The molecule has 1 fully saturated rings. The molecular formula is C14H24N4O. The number of aromatic nitrogens is 2. The van der Waals surface area contributed by atoms with E-state index >= 15 is 0 Å². The zero-order valence-corrected chi connectivity index (χ0v) is 11.6. The van der Waals surface area contributed by atoms with E-state index in [4.69, 9.17) is 10.5 Å². The Morgan fingerprint density at radius 2 is 2.11 bits per heavy atom. The van der Waals surface area contributed by atoms with Crippen molar-refractivity contribution >= 4 is 5.82 Å². The Kier molecular flexibility index (Phi) is 5.54. The van der Waals surface area contributed by atoms with E-state index in [1.807, 2.05) is 6.07 Å². The fourth-order valence-corrected chi connectivity index (χ4v) is 2.35. The summed E-state index contributed by atoms with van der Waals surface area (Å²) in [6, 6.07) is 2.37. The van der Waals surface area contributed by atoms with Crippen LogP contribution < -0.4 is 11.1 Å². The Morgan fingerprint density at radius 3 is 2.84 bits per heavy atom. The van der Waals surface area contributed by atoms with Crippen LogP contribution in [0.2, 0.25) is 0 Å². The molecule has 3 N–H and O–H groups in total. The number of rotatable bonds is 6. The Bertz CT molecular complexity index is 377. The number of ether oxygens (including phenoxy) is 1. The van der Waals surface area contributed by atoms with Gasteiger partial charge in [0.15, 0.2) is 0 Å². The molecule has 2 rings (SSSR count). The number of aryl methyl sites for hydroxylation is 1. The van der Waals surface area contributed by atoms with E-state index in [2.05, 4.69) is 22.2 Å². The van der Waals surface area contributed by atoms with Gasteiger partial charge in [-0.25, -0.2) is 9.97 Å². The van der Waals surface area contributed by atoms with E-state index in [-0.39, 0.29) is 0 Å². The van der Waals surface area contributed by atoms with E-state index < -0.39 is 0 Å². The molecule has 0 spiro atoms. The number of hydrogen-bond acceptors (Lipinski definition) is 5. The number of nitrogens with two attached hydrogens (primary N) is 1. The molecule has 0 radical (unpaired) electrons. The van der Waals surface area contributed by atoms with E-state index in [9.17, 15) is 0 Å². The summed E-state index contributed by atoms with van der Waals surface area (Å²) in [4.78, 5) is 8.36. The molecule has 0 aliphatic heterocycles. The van der Waals surface area contributed by atoms with Crippen molar-refractivity contribution in [2.45, 2.75) is 51.2 Å². The van der Waals surface area contributed by atoms with Crippen LogP contribution >= 0.6 is 0 Å². The Balaban J connectivity index is 1.63. The maximum atomic E-state index is 5.87. The molecule has 5 heteroatoms. The van der Waals surface area contributed by atoms with Crippen LogP contribution in [0.4, 0.5) is 5.82 Å². The van der Waals surface area contributed by atoms with Gasteiger partial charge < -0.3 is 15.8 Å². The lowest BCUT2D eigenvalue weighted by atomic mass is 9.94. The van der Waals surface area contributed by atoms with Gasteiger partial charge in [0.2, 0.25) is 0 Å². The molecule has 1 aromatic heterocycles. The second-order valence-corrected chi connectivity index (χ2v) is 5.08. The molecule has 1 saturated carbocycles. The summed E-state index contributed by atoms with van der Waals surface area (Å²) in [6.45, 7) is 3.58. The lowest BCUT2D eigenvalue weighted by Gasteiger charge is -2.26. The highest BCUT2D eigenvalue weighted by Crippen LogP contribution is 2.19. The number of anilines is 1. The first-order valence-corrected chi connectivity index (χ1v) is 7.20. The third-order valence-corrected chi connectivity index (χ3v) is 3.57. The standard InChI is InChI=1S/C14H24N4O/c1-2-12-9-14(18-10-17-12)16-7-8-19-13-5-3-11(15)4-6-13/h9-11,13H,2-8,15H2,1H3,(H,16,17,18). The van der Waals surface area contributed by atoms with Gasteiger partial charge in [0.25, 0.3) is 0 Å². The molecule has 19 heavy (non-hydrogen) atoms. The van der Waals surface area contributed by atoms with Crippen LogP contribution in [0.5, 0.6) is 0 Å². The van der Waals surface area contributed by atoms with E-state index in [0.29, 0.717) is 18.8 Å². The average molecular weight is 264 g/mol. The molecule has 0 aromatic carbocycles. The van der Waals surface area contributed by atoms with Crippen molar-refractivity contribution in [2.24, 2.45) is 5.73 Å². The maximum absolute atomic E-state index is 5.87. The van der Waals surface area contributed by atoms with Gasteiger partial charge >= 0.3 is 0 Å². The third-order valence-electron chi connectivity index (χ3n) is 3.57. The number of hydrogen-bond donors (Lipinski definition) is 2. The molecule has 0 amide bonds. The fourth-order valence-electron chi connectivity index (χ4n) is 2.35. The fraction of sp³-hybridized carbons (Fsp3) is 0.714. The summed E-state index contributed by atoms with van der Waals surface area (Å²) in [5, 5.41) is 3.27. The van der Waals surface area contributed by atoms with Gasteiger partial charge in [0, 0.05) is 24.3 Å². The molecule has 0 bridgehead atoms.